The van der Waals surface area contributed by atoms with Crippen molar-refractivity contribution < 1.29 is 4.79 Å². The van der Waals surface area contributed by atoms with Crippen LogP contribution in [0.5, 0.6) is 0 Å². The van der Waals surface area contributed by atoms with Gasteiger partial charge in [0.05, 0.1) is 10.2 Å². The maximum atomic E-state index is 12.7. The Morgan fingerprint density at radius 2 is 1.82 bits per heavy atom. The summed E-state index contributed by atoms with van der Waals surface area (Å²) in [6, 6.07) is 12.5. The van der Waals surface area contributed by atoms with E-state index in [4.69, 9.17) is 4.98 Å². The van der Waals surface area contributed by atoms with Crippen LogP contribution in [0, 0.1) is 26.7 Å². The highest BCUT2D eigenvalue weighted by atomic mass is 32.1. The minimum absolute atomic E-state index is 0.0589. The van der Waals surface area contributed by atoms with Crippen molar-refractivity contribution in [3.63, 3.8) is 0 Å². The fourth-order valence-electron chi connectivity index (χ4n) is 4.19. The molecule has 0 aliphatic carbocycles. The van der Waals surface area contributed by atoms with E-state index in [1.54, 1.807) is 11.3 Å². The molecule has 0 spiro atoms. The van der Waals surface area contributed by atoms with Crippen LogP contribution in [0.1, 0.15) is 39.9 Å². The molecule has 5 heteroatoms. The van der Waals surface area contributed by atoms with Gasteiger partial charge >= 0.3 is 0 Å². The molecule has 4 rings (SSSR count). The van der Waals surface area contributed by atoms with Crippen molar-refractivity contribution >= 4 is 32.6 Å². The van der Waals surface area contributed by atoms with Crippen molar-refractivity contribution in [1.82, 2.24) is 10.3 Å². The van der Waals surface area contributed by atoms with E-state index in [1.807, 2.05) is 19.9 Å². The normalized spacial score (nSPS) is 15.2. The third-order valence-electron chi connectivity index (χ3n) is 5.62. The summed E-state index contributed by atoms with van der Waals surface area (Å²) < 4.78 is 1.25. The van der Waals surface area contributed by atoms with Gasteiger partial charge in [-0.3, -0.25) is 4.79 Å². The van der Waals surface area contributed by atoms with Gasteiger partial charge in [0.1, 0.15) is 0 Å². The average molecular weight is 394 g/mol. The molecule has 2 aromatic carbocycles. The summed E-state index contributed by atoms with van der Waals surface area (Å²) >= 11 is 1.77. The molecule has 0 saturated carbocycles. The molecule has 4 nitrogen and oxygen atoms in total. The van der Waals surface area contributed by atoms with E-state index >= 15 is 0 Å². The first-order valence-corrected chi connectivity index (χ1v) is 10.8. The highest BCUT2D eigenvalue weighted by Gasteiger charge is 2.22. The number of aromatic nitrogens is 1. The summed E-state index contributed by atoms with van der Waals surface area (Å²) in [6.07, 6.45) is 2.17. The Morgan fingerprint density at radius 3 is 2.50 bits per heavy atom. The van der Waals surface area contributed by atoms with Crippen molar-refractivity contribution in [2.24, 2.45) is 5.92 Å². The van der Waals surface area contributed by atoms with Gasteiger partial charge in [-0.2, -0.15) is 0 Å². The molecule has 0 atom stereocenters. The molecule has 0 bridgehead atoms. The predicted molar refractivity (Wildman–Crippen MR) is 118 cm³/mol. The number of hydrogen-bond donors (Lipinski definition) is 1. The van der Waals surface area contributed by atoms with Crippen molar-refractivity contribution in [1.29, 1.82) is 0 Å². The van der Waals surface area contributed by atoms with E-state index in [1.165, 1.54) is 10.3 Å². The number of piperidine rings is 1. The second-order valence-corrected chi connectivity index (χ2v) is 8.89. The molecule has 28 heavy (non-hydrogen) atoms. The zero-order valence-electron chi connectivity index (χ0n) is 16.8. The Kier molecular flexibility index (Phi) is 5.36. The van der Waals surface area contributed by atoms with Crippen LogP contribution in [-0.2, 0) is 0 Å². The minimum atomic E-state index is 0.0589. The number of thiazole rings is 1. The van der Waals surface area contributed by atoms with E-state index in [2.05, 4.69) is 47.5 Å². The number of nitrogens with zero attached hydrogens (tertiary/aromatic N) is 2. The number of carbonyl (C=O) groups excluding carboxylic acids is 1. The fraction of sp³-hybridized carbons (Fsp3) is 0.391. The second kappa shape index (κ2) is 7.92. The lowest BCUT2D eigenvalue weighted by atomic mass is 9.96. The van der Waals surface area contributed by atoms with Crippen molar-refractivity contribution in [3.05, 3.63) is 58.7 Å². The summed E-state index contributed by atoms with van der Waals surface area (Å²) in [7, 11) is 0. The van der Waals surface area contributed by atoms with Gasteiger partial charge in [-0.25, -0.2) is 4.98 Å². The molecule has 3 aromatic rings. The number of aryl methyl sites for hydroxylation is 3. The van der Waals surface area contributed by atoms with Crippen LogP contribution in [0.25, 0.3) is 10.2 Å². The minimum Gasteiger partial charge on any atom is -0.352 e. The van der Waals surface area contributed by atoms with Gasteiger partial charge < -0.3 is 10.2 Å². The van der Waals surface area contributed by atoms with Crippen LogP contribution in [-0.4, -0.2) is 30.5 Å². The first kappa shape index (κ1) is 18.9. The first-order valence-electron chi connectivity index (χ1n) is 9.98. The molecule has 1 aliphatic rings. The number of fused-ring (bicyclic) bond motifs is 1. The molecule has 0 radical (unpaired) electrons. The summed E-state index contributed by atoms with van der Waals surface area (Å²) in [5, 5.41) is 4.30. The Bertz CT molecular complexity index is 946. The molecular weight excluding hydrogens is 366 g/mol. The van der Waals surface area contributed by atoms with Crippen LogP contribution in [0.2, 0.25) is 0 Å². The Hall–Kier alpha value is -2.40. The monoisotopic (exact) mass is 393 g/mol. The van der Waals surface area contributed by atoms with Gasteiger partial charge in [0, 0.05) is 25.2 Å². The number of carbonyl (C=O) groups is 1. The molecule has 1 aliphatic heterocycles. The molecule has 0 unspecified atom stereocenters. The van der Waals surface area contributed by atoms with E-state index in [9.17, 15) is 4.79 Å². The number of rotatable bonds is 4. The van der Waals surface area contributed by atoms with Crippen molar-refractivity contribution in [2.75, 3.05) is 24.5 Å². The highest BCUT2D eigenvalue weighted by Crippen LogP contribution is 2.31. The number of hydrogen-bond acceptors (Lipinski definition) is 4. The van der Waals surface area contributed by atoms with E-state index in [0.717, 1.165) is 59.8 Å². The van der Waals surface area contributed by atoms with Crippen LogP contribution < -0.4 is 10.2 Å². The number of para-hydroxylation sites is 1. The average Bonchev–Trinajstić information content (AvgIpc) is 3.10. The largest absolute Gasteiger partial charge is 0.352 e. The lowest BCUT2D eigenvalue weighted by Gasteiger charge is -2.31. The molecule has 1 aromatic heterocycles. The van der Waals surface area contributed by atoms with E-state index in [-0.39, 0.29) is 5.91 Å². The van der Waals surface area contributed by atoms with Gasteiger partial charge in [-0.1, -0.05) is 41.2 Å². The maximum absolute atomic E-state index is 12.7. The zero-order chi connectivity index (χ0) is 19.7. The third kappa shape index (κ3) is 3.90. The smallest absolute Gasteiger partial charge is 0.251 e. The molecule has 1 fully saturated rings. The summed E-state index contributed by atoms with van der Waals surface area (Å²) in [5.41, 5.74) is 5.23. The Labute approximate surface area is 170 Å². The summed E-state index contributed by atoms with van der Waals surface area (Å²) in [5.74, 6) is 0.587. The topological polar surface area (TPSA) is 45.2 Å². The number of anilines is 1. The first-order chi connectivity index (χ1) is 13.5. The quantitative estimate of drug-likeness (QED) is 0.688. The van der Waals surface area contributed by atoms with Gasteiger partial charge in [0.15, 0.2) is 5.13 Å². The summed E-state index contributed by atoms with van der Waals surface area (Å²) in [4.78, 5) is 19.9. The SMILES string of the molecule is Cc1cc(C)c(C(=O)NCC2CCN(c3nc4ccccc4s3)CC2)c(C)c1. The van der Waals surface area contributed by atoms with Crippen LogP contribution in [0.3, 0.4) is 0 Å². The Morgan fingerprint density at radius 1 is 1.14 bits per heavy atom. The van der Waals surface area contributed by atoms with Crippen molar-refractivity contribution in [3.8, 4) is 0 Å². The van der Waals surface area contributed by atoms with Gasteiger partial charge in [-0.05, 0) is 62.8 Å². The van der Waals surface area contributed by atoms with Crippen molar-refractivity contribution in [2.45, 2.75) is 33.6 Å². The van der Waals surface area contributed by atoms with Gasteiger partial charge in [0.25, 0.3) is 5.91 Å². The van der Waals surface area contributed by atoms with E-state index < -0.39 is 0 Å². The standard InChI is InChI=1S/C23H27N3OS/c1-15-12-16(2)21(17(3)13-15)22(27)24-14-18-8-10-26(11-9-18)23-25-19-6-4-5-7-20(19)28-23/h4-7,12-13,18H,8-11,14H2,1-3H3,(H,24,27). The fourth-order valence-corrected chi connectivity index (χ4v) is 5.20. The van der Waals surface area contributed by atoms with Gasteiger partial charge in [0.2, 0.25) is 0 Å². The van der Waals surface area contributed by atoms with Crippen LogP contribution >= 0.6 is 11.3 Å². The van der Waals surface area contributed by atoms with Crippen LogP contribution in [0.4, 0.5) is 5.13 Å². The molecule has 2 heterocycles. The number of benzene rings is 2. The Balaban J connectivity index is 1.33. The molecular formula is C23H27N3OS. The third-order valence-corrected chi connectivity index (χ3v) is 6.72. The van der Waals surface area contributed by atoms with E-state index in [0.29, 0.717) is 5.92 Å². The lowest BCUT2D eigenvalue weighted by molar-refractivity contribution is 0.0943. The van der Waals surface area contributed by atoms with Crippen LogP contribution in [0.15, 0.2) is 36.4 Å². The molecule has 1 amide bonds. The second-order valence-electron chi connectivity index (χ2n) is 7.88. The highest BCUT2D eigenvalue weighted by molar-refractivity contribution is 7.22. The lowest BCUT2D eigenvalue weighted by Crippen LogP contribution is -2.38. The summed E-state index contributed by atoms with van der Waals surface area (Å²) in [6.45, 7) is 8.86. The predicted octanol–water partition coefficient (Wildman–Crippen LogP) is 4.87. The zero-order valence-corrected chi connectivity index (χ0v) is 17.6. The molecule has 146 valence electrons. The number of amides is 1. The van der Waals surface area contributed by atoms with Gasteiger partial charge in [-0.15, -0.1) is 0 Å². The molecule has 1 saturated heterocycles. The number of nitrogens with one attached hydrogen (secondary N) is 1. The maximum Gasteiger partial charge on any atom is 0.251 e. The molecule has 1 N–H and O–H groups in total.